The summed E-state index contributed by atoms with van der Waals surface area (Å²) in [7, 11) is -3.38. The summed E-state index contributed by atoms with van der Waals surface area (Å²) >= 11 is 0. The van der Waals surface area contributed by atoms with Crippen molar-refractivity contribution < 1.29 is 18.3 Å². The van der Waals surface area contributed by atoms with Gasteiger partial charge in [0.1, 0.15) is 5.56 Å². The highest BCUT2D eigenvalue weighted by atomic mass is 32.2. The van der Waals surface area contributed by atoms with Gasteiger partial charge in [0.2, 0.25) is 0 Å². The van der Waals surface area contributed by atoms with E-state index >= 15 is 0 Å². The summed E-state index contributed by atoms with van der Waals surface area (Å²) in [5.74, 6) is -1.51. The molecule has 0 atom stereocenters. The zero-order valence-corrected chi connectivity index (χ0v) is 13.7. The number of sulfone groups is 1. The fourth-order valence-corrected chi connectivity index (χ4v) is 3.02. The average Bonchev–Trinajstić information content (AvgIpc) is 2.25. The number of carboxylic acid groups (broad SMARTS) is 1. The molecule has 0 bridgehead atoms. The molecule has 1 aromatic rings. The molecule has 0 fully saturated rings. The molecule has 0 radical (unpaired) electrons. The van der Waals surface area contributed by atoms with Crippen molar-refractivity contribution in [3.05, 3.63) is 33.2 Å². The van der Waals surface area contributed by atoms with Gasteiger partial charge in [-0.25, -0.2) is 13.2 Å². The van der Waals surface area contributed by atoms with Gasteiger partial charge in [-0.2, -0.15) is 0 Å². The lowest BCUT2D eigenvalue weighted by molar-refractivity contribution is 0.0693. The molecule has 0 aliphatic rings. The van der Waals surface area contributed by atoms with Crippen LogP contribution in [-0.2, 0) is 16.4 Å². The Morgan fingerprint density at radius 3 is 2.24 bits per heavy atom. The zero-order chi connectivity index (χ0) is 16.6. The first kappa shape index (κ1) is 17.4. The highest BCUT2D eigenvalue weighted by molar-refractivity contribution is 7.92. The molecule has 0 saturated carbocycles. The van der Waals surface area contributed by atoms with E-state index in [1.165, 1.54) is 4.57 Å². The van der Waals surface area contributed by atoms with Crippen molar-refractivity contribution >= 4 is 15.8 Å². The summed E-state index contributed by atoms with van der Waals surface area (Å²) in [4.78, 5) is 23.3. The molecule has 21 heavy (non-hydrogen) atoms. The van der Waals surface area contributed by atoms with E-state index in [-0.39, 0.29) is 17.9 Å². The highest BCUT2D eigenvalue weighted by Crippen LogP contribution is 2.16. The monoisotopic (exact) mass is 315 g/mol. The van der Waals surface area contributed by atoms with Gasteiger partial charge in [0.05, 0.1) is 10.5 Å². The Hall–Kier alpha value is -1.63. The number of carbonyl (C=O) groups is 1. The first-order valence-corrected chi connectivity index (χ1v) is 8.20. The smallest absolute Gasteiger partial charge is 0.341 e. The van der Waals surface area contributed by atoms with Gasteiger partial charge >= 0.3 is 5.97 Å². The highest BCUT2D eigenvalue weighted by Gasteiger charge is 2.29. The Bertz CT molecular complexity index is 723. The maximum Gasteiger partial charge on any atom is 0.341 e. The molecule has 0 unspecified atom stereocenters. The number of aromatic carboxylic acids is 1. The van der Waals surface area contributed by atoms with Crippen molar-refractivity contribution in [1.82, 2.24) is 4.57 Å². The van der Waals surface area contributed by atoms with Crippen LogP contribution in [0, 0.1) is 13.8 Å². The molecule has 1 N–H and O–H groups in total. The molecule has 0 aliphatic heterocycles. The fraction of sp³-hybridized carbons (Fsp3) is 0.571. The Morgan fingerprint density at radius 2 is 1.81 bits per heavy atom. The Balaban J connectivity index is 3.26. The lowest BCUT2D eigenvalue weighted by atomic mass is 10.1. The molecular formula is C14H21NO5S. The minimum absolute atomic E-state index is 0.0508. The molecule has 7 heteroatoms. The number of pyridine rings is 1. The molecular weight excluding hydrogens is 294 g/mol. The molecule has 118 valence electrons. The van der Waals surface area contributed by atoms with E-state index < -0.39 is 26.1 Å². The lowest BCUT2D eigenvalue weighted by Gasteiger charge is -2.20. The van der Waals surface area contributed by atoms with Crippen molar-refractivity contribution in [2.45, 2.75) is 45.9 Å². The quantitative estimate of drug-likeness (QED) is 0.906. The number of hydrogen-bond donors (Lipinski definition) is 1. The summed E-state index contributed by atoms with van der Waals surface area (Å²) in [5.41, 5.74) is -0.0515. The van der Waals surface area contributed by atoms with Crippen molar-refractivity contribution in [2.24, 2.45) is 0 Å². The number of hydrogen-bond acceptors (Lipinski definition) is 4. The van der Waals surface area contributed by atoms with Crippen LogP contribution in [-0.4, -0.2) is 34.6 Å². The van der Waals surface area contributed by atoms with E-state index in [1.54, 1.807) is 40.7 Å². The van der Waals surface area contributed by atoms with E-state index in [0.29, 0.717) is 11.3 Å². The number of aromatic nitrogens is 1. The minimum atomic E-state index is -3.38. The summed E-state index contributed by atoms with van der Waals surface area (Å²) in [5, 5.41) is 9.09. The predicted octanol–water partition coefficient (Wildman–Crippen LogP) is 1.38. The van der Waals surface area contributed by atoms with Crippen LogP contribution >= 0.6 is 0 Å². The Labute approximate surface area is 124 Å². The summed E-state index contributed by atoms with van der Waals surface area (Å²) in [6.45, 7) is 7.93. The van der Waals surface area contributed by atoms with Crippen LogP contribution in [0.15, 0.2) is 10.9 Å². The molecule has 0 aliphatic carbocycles. The zero-order valence-electron chi connectivity index (χ0n) is 12.9. The van der Waals surface area contributed by atoms with Gasteiger partial charge < -0.3 is 9.67 Å². The van der Waals surface area contributed by atoms with Gasteiger partial charge in [-0.1, -0.05) is 0 Å². The van der Waals surface area contributed by atoms with Crippen molar-refractivity contribution in [1.29, 1.82) is 0 Å². The standard InChI is InChI=1S/C14H21NO5S/c1-9-8-10(2)15(12(16)11(9)13(17)18)6-7-21(19,20)14(3,4)5/h8H,6-7H2,1-5H3,(H,17,18). The van der Waals surface area contributed by atoms with Crippen molar-refractivity contribution in [2.75, 3.05) is 5.75 Å². The van der Waals surface area contributed by atoms with Gasteiger partial charge in [0.15, 0.2) is 9.84 Å². The van der Waals surface area contributed by atoms with Crippen LogP contribution in [0.25, 0.3) is 0 Å². The molecule has 0 saturated heterocycles. The summed E-state index contributed by atoms with van der Waals surface area (Å²) in [6, 6.07) is 1.58. The van der Waals surface area contributed by atoms with Gasteiger partial charge in [0, 0.05) is 12.2 Å². The molecule has 0 amide bonds. The fourth-order valence-electron chi connectivity index (χ4n) is 1.98. The van der Waals surface area contributed by atoms with Crippen LogP contribution in [0.2, 0.25) is 0 Å². The molecule has 1 rings (SSSR count). The van der Waals surface area contributed by atoms with E-state index in [0.717, 1.165) is 0 Å². The van der Waals surface area contributed by atoms with Crippen molar-refractivity contribution in [3.63, 3.8) is 0 Å². The van der Waals surface area contributed by atoms with Crippen LogP contribution in [0.5, 0.6) is 0 Å². The maximum atomic E-state index is 12.2. The third-order valence-electron chi connectivity index (χ3n) is 3.44. The SMILES string of the molecule is Cc1cc(C)n(CCS(=O)(=O)C(C)(C)C)c(=O)c1C(=O)O. The Kier molecular flexibility index (Phi) is 4.67. The first-order chi connectivity index (χ1) is 9.38. The second-order valence-electron chi connectivity index (χ2n) is 6.04. The van der Waals surface area contributed by atoms with Crippen LogP contribution in [0.3, 0.4) is 0 Å². The molecule has 0 spiro atoms. The van der Waals surface area contributed by atoms with Gasteiger partial charge in [0.25, 0.3) is 5.56 Å². The predicted molar refractivity (Wildman–Crippen MR) is 80.7 cm³/mol. The third kappa shape index (κ3) is 3.53. The molecule has 1 aromatic heterocycles. The van der Waals surface area contributed by atoms with E-state index in [4.69, 9.17) is 5.11 Å². The van der Waals surface area contributed by atoms with Crippen LogP contribution in [0.1, 0.15) is 42.4 Å². The average molecular weight is 315 g/mol. The largest absolute Gasteiger partial charge is 0.477 e. The number of nitrogens with zero attached hydrogens (tertiary/aromatic N) is 1. The molecule has 6 nitrogen and oxygen atoms in total. The minimum Gasteiger partial charge on any atom is -0.477 e. The summed E-state index contributed by atoms with van der Waals surface area (Å²) < 4.78 is 24.5. The number of aryl methyl sites for hydroxylation is 2. The molecule has 0 aromatic carbocycles. The van der Waals surface area contributed by atoms with Crippen molar-refractivity contribution in [3.8, 4) is 0 Å². The van der Waals surface area contributed by atoms with Gasteiger partial charge in [-0.05, 0) is 46.2 Å². The van der Waals surface area contributed by atoms with Crippen LogP contribution in [0.4, 0.5) is 0 Å². The van der Waals surface area contributed by atoms with E-state index in [2.05, 4.69) is 0 Å². The van der Waals surface area contributed by atoms with Gasteiger partial charge in [-0.3, -0.25) is 4.79 Å². The lowest BCUT2D eigenvalue weighted by Crippen LogP contribution is -2.36. The maximum absolute atomic E-state index is 12.2. The van der Waals surface area contributed by atoms with Crippen LogP contribution < -0.4 is 5.56 Å². The van der Waals surface area contributed by atoms with Gasteiger partial charge in [-0.15, -0.1) is 0 Å². The summed E-state index contributed by atoms with van der Waals surface area (Å²) in [6.07, 6.45) is 0. The molecule has 1 heterocycles. The normalized spacial score (nSPS) is 12.4. The first-order valence-electron chi connectivity index (χ1n) is 6.55. The third-order valence-corrected chi connectivity index (χ3v) is 6.02. The number of carboxylic acids is 1. The van der Waals surface area contributed by atoms with E-state index in [1.807, 2.05) is 0 Å². The second-order valence-corrected chi connectivity index (χ2v) is 8.90. The second kappa shape index (κ2) is 5.63. The Morgan fingerprint density at radius 1 is 1.29 bits per heavy atom. The number of rotatable bonds is 4. The topological polar surface area (TPSA) is 93.4 Å². The van der Waals surface area contributed by atoms with E-state index in [9.17, 15) is 18.0 Å².